The quantitative estimate of drug-likeness (QED) is 0.186. The first-order chi connectivity index (χ1) is 12.5. The van der Waals surface area contributed by atoms with Crippen LogP contribution < -0.4 is 0 Å². The fourth-order valence-electron chi connectivity index (χ4n) is 2.80. The van der Waals surface area contributed by atoms with Crippen molar-refractivity contribution in [2.75, 3.05) is 13.2 Å². The molecule has 10 atom stereocenters. The van der Waals surface area contributed by atoms with E-state index in [9.17, 15) is 39.1 Å². The summed E-state index contributed by atoms with van der Waals surface area (Å²) in [5, 5.41) is 67.9. The molecule has 8 N–H and O–H groups in total. The number of hydrogen-bond acceptors (Lipinski definition) is 13. The van der Waals surface area contributed by atoms with Crippen molar-refractivity contribution < 1.29 is 67.1 Å². The Hall–Kier alpha value is -0.530. The summed E-state index contributed by atoms with van der Waals surface area (Å²) in [6, 6.07) is 0. The van der Waals surface area contributed by atoms with Crippen LogP contribution in [-0.2, 0) is 28.8 Å². The van der Waals surface area contributed by atoms with Gasteiger partial charge in [0.1, 0.15) is 42.7 Å². The number of aliphatic hydroxyl groups is 7. The summed E-state index contributed by atoms with van der Waals surface area (Å²) in [5.41, 5.74) is 0. The monoisotopic (exact) mass is 422 g/mol. The number of aliphatic hydroxyl groups excluding tert-OH is 7. The number of ether oxygens (including phenoxy) is 3. The minimum absolute atomic E-state index is 0.759. The average molecular weight is 422 g/mol. The van der Waals surface area contributed by atoms with Crippen LogP contribution in [0, 0.1) is 0 Å². The van der Waals surface area contributed by atoms with Crippen molar-refractivity contribution in [2.24, 2.45) is 0 Å². The highest BCUT2D eigenvalue weighted by molar-refractivity contribution is 7.80. The Morgan fingerprint density at radius 2 is 1.37 bits per heavy atom. The number of hydrogen-bond donors (Lipinski definition) is 8. The van der Waals surface area contributed by atoms with Gasteiger partial charge in [-0.25, -0.2) is 4.18 Å². The molecule has 2 rings (SSSR count). The van der Waals surface area contributed by atoms with Crippen LogP contribution in [0.5, 0.6) is 0 Å². The summed E-state index contributed by atoms with van der Waals surface area (Å²) < 4.78 is 49.8. The first-order valence-electron chi connectivity index (χ1n) is 7.74. The van der Waals surface area contributed by atoms with Gasteiger partial charge in [0.05, 0.1) is 13.2 Å². The van der Waals surface area contributed by atoms with E-state index in [2.05, 4.69) is 4.18 Å². The van der Waals surface area contributed by atoms with Crippen molar-refractivity contribution in [1.82, 2.24) is 0 Å². The van der Waals surface area contributed by atoms with Crippen molar-refractivity contribution in [2.45, 2.75) is 61.4 Å². The third-order valence-corrected chi connectivity index (χ3v) is 4.65. The molecule has 2 saturated heterocycles. The second-order valence-corrected chi connectivity index (χ2v) is 7.07. The summed E-state index contributed by atoms with van der Waals surface area (Å²) in [7, 11) is -5.11. The molecule has 0 aromatic rings. The van der Waals surface area contributed by atoms with Gasteiger partial charge >= 0.3 is 10.4 Å². The maximum absolute atomic E-state index is 10.9. The van der Waals surface area contributed by atoms with Gasteiger partial charge in [-0.3, -0.25) is 4.55 Å². The van der Waals surface area contributed by atoms with Crippen LogP contribution in [0.1, 0.15) is 0 Å². The zero-order valence-corrected chi connectivity index (χ0v) is 14.4. The largest absolute Gasteiger partial charge is 0.397 e. The Kier molecular flexibility index (Phi) is 7.47. The molecule has 2 fully saturated rings. The van der Waals surface area contributed by atoms with Crippen LogP contribution >= 0.6 is 0 Å². The smallest absolute Gasteiger partial charge is 0.394 e. The Bertz CT molecular complexity index is 583. The van der Waals surface area contributed by atoms with Gasteiger partial charge in [0.2, 0.25) is 0 Å². The first-order valence-corrected chi connectivity index (χ1v) is 9.10. The Morgan fingerprint density at radius 1 is 0.778 bits per heavy atom. The Labute approximate surface area is 153 Å². The van der Waals surface area contributed by atoms with E-state index in [0.717, 1.165) is 0 Å². The average Bonchev–Trinajstić information content (AvgIpc) is 2.59. The van der Waals surface area contributed by atoms with Gasteiger partial charge < -0.3 is 50.0 Å². The van der Waals surface area contributed by atoms with E-state index in [4.69, 9.17) is 23.9 Å². The molecule has 15 heteroatoms. The van der Waals surface area contributed by atoms with E-state index in [1.165, 1.54) is 0 Å². The summed E-state index contributed by atoms with van der Waals surface area (Å²) in [4.78, 5) is 0. The predicted molar refractivity (Wildman–Crippen MR) is 79.0 cm³/mol. The van der Waals surface area contributed by atoms with Crippen molar-refractivity contribution in [1.29, 1.82) is 0 Å². The third kappa shape index (κ3) is 5.10. The molecule has 27 heavy (non-hydrogen) atoms. The highest BCUT2D eigenvalue weighted by Crippen LogP contribution is 2.30. The molecule has 0 aliphatic carbocycles. The molecule has 14 nitrogen and oxygen atoms in total. The maximum atomic E-state index is 10.9. The lowest BCUT2D eigenvalue weighted by Crippen LogP contribution is -2.65. The van der Waals surface area contributed by atoms with E-state index >= 15 is 0 Å². The number of rotatable bonds is 6. The zero-order chi connectivity index (χ0) is 20.5. The van der Waals surface area contributed by atoms with Gasteiger partial charge in [0.25, 0.3) is 0 Å². The third-order valence-electron chi connectivity index (χ3n) is 4.19. The van der Waals surface area contributed by atoms with Crippen molar-refractivity contribution >= 4 is 10.4 Å². The van der Waals surface area contributed by atoms with Gasteiger partial charge in [-0.05, 0) is 0 Å². The molecular formula is C12H22O14S. The first kappa shape index (κ1) is 22.8. The minimum Gasteiger partial charge on any atom is -0.394 e. The lowest BCUT2D eigenvalue weighted by atomic mass is 9.97. The van der Waals surface area contributed by atoms with Crippen LogP contribution in [0.4, 0.5) is 0 Å². The molecule has 1 unspecified atom stereocenters. The highest BCUT2D eigenvalue weighted by Gasteiger charge is 2.51. The van der Waals surface area contributed by atoms with Crippen LogP contribution in [0.2, 0.25) is 0 Å². The zero-order valence-electron chi connectivity index (χ0n) is 13.6. The van der Waals surface area contributed by atoms with Crippen LogP contribution in [0.3, 0.4) is 0 Å². The fraction of sp³-hybridized carbons (Fsp3) is 1.00. The summed E-state index contributed by atoms with van der Waals surface area (Å²) in [6.07, 6.45) is -17.7. The van der Waals surface area contributed by atoms with E-state index in [1.807, 2.05) is 0 Å². The van der Waals surface area contributed by atoms with Gasteiger partial charge in [0, 0.05) is 0 Å². The van der Waals surface area contributed by atoms with Gasteiger partial charge in [-0.1, -0.05) is 0 Å². The van der Waals surface area contributed by atoms with Crippen LogP contribution in [-0.4, -0.2) is 123 Å². The van der Waals surface area contributed by atoms with Crippen LogP contribution in [0.25, 0.3) is 0 Å². The predicted octanol–water partition coefficient (Wildman–Crippen LogP) is -5.57. The van der Waals surface area contributed by atoms with E-state index < -0.39 is 85.0 Å². The van der Waals surface area contributed by atoms with Crippen molar-refractivity contribution in [3.63, 3.8) is 0 Å². The van der Waals surface area contributed by atoms with Gasteiger partial charge in [-0.15, -0.1) is 0 Å². The molecule has 0 radical (unpaired) electrons. The van der Waals surface area contributed by atoms with Crippen molar-refractivity contribution in [3.8, 4) is 0 Å². The molecule has 0 amide bonds. The molecule has 2 aliphatic heterocycles. The SMILES string of the molecule is O=S(=O)(O)O[C@H]1C(O)O[C@H](CO)[C@@H](O[C@@H]2O[C@H](CO)[C@H](O)[C@H](O)[C@H]2O)[C@@H]1O. The van der Waals surface area contributed by atoms with Gasteiger partial charge in [0.15, 0.2) is 18.7 Å². The van der Waals surface area contributed by atoms with Crippen molar-refractivity contribution in [3.05, 3.63) is 0 Å². The van der Waals surface area contributed by atoms with Crippen LogP contribution in [0.15, 0.2) is 0 Å². The second kappa shape index (κ2) is 8.87. The summed E-state index contributed by atoms with van der Waals surface area (Å²) >= 11 is 0. The summed E-state index contributed by atoms with van der Waals surface area (Å²) in [6.45, 7) is -1.60. The molecule has 0 saturated carbocycles. The Morgan fingerprint density at radius 3 is 1.89 bits per heavy atom. The standard InChI is InChI=1S/C12H22O14S/c13-1-3-5(15)6(16)7(17)12(24-3)25-9-4(2-14)23-11(19)10(8(9)18)26-27(20,21)22/h3-19H,1-2H2,(H,20,21,22)/t3-,4-,5+,6+,7-,8+,9-,10-,11?,12+/m1/s1. The highest BCUT2D eigenvalue weighted by atomic mass is 32.3. The molecule has 0 aromatic heterocycles. The molecular weight excluding hydrogens is 400 g/mol. The molecule has 160 valence electrons. The molecule has 0 aromatic carbocycles. The van der Waals surface area contributed by atoms with E-state index in [1.54, 1.807) is 0 Å². The summed E-state index contributed by atoms with van der Waals surface area (Å²) in [5.74, 6) is 0. The topological polar surface area (TPSA) is 233 Å². The molecule has 2 heterocycles. The maximum Gasteiger partial charge on any atom is 0.397 e. The fourth-order valence-corrected chi connectivity index (χ4v) is 3.29. The second-order valence-electron chi connectivity index (χ2n) is 6.02. The molecule has 0 spiro atoms. The molecule has 2 aliphatic rings. The normalized spacial score (nSPS) is 46.4. The Balaban J connectivity index is 2.20. The lowest BCUT2D eigenvalue weighted by molar-refractivity contribution is -0.353. The minimum atomic E-state index is -5.11. The molecule has 0 bridgehead atoms. The lowest BCUT2D eigenvalue weighted by Gasteiger charge is -2.45. The van der Waals surface area contributed by atoms with E-state index in [0.29, 0.717) is 0 Å². The van der Waals surface area contributed by atoms with Gasteiger partial charge in [-0.2, -0.15) is 8.42 Å². The van der Waals surface area contributed by atoms with E-state index in [-0.39, 0.29) is 0 Å².